The third kappa shape index (κ3) is 2.41. The summed E-state index contributed by atoms with van der Waals surface area (Å²) in [5.41, 5.74) is 2.23. The van der Waals surface area contributed by atoms with Gasteiger partial charge >= 0.3 is 0 Å². The summed E-state index contributed by atoms with van der Waals surface area (Å²) in [5.74, 6) is 0.0429. The fraction of sp³-hybridized carbons (Fsp3) is 0.125. The zero-order valence-corrected chi connectivity index (χ0v) is 14.7. The first-order valence-electron chi connectivity index (χ1n) is 6.82. The predicted octanol–water partition coefficient (Wildman–Crippen LogP) is 4.84. The smallest absolute Gasteiger partial charge is 0.270 e. The van der Waals surface area contributed by atoms with Crippen molar-refractivity contribution in [2.45, 2.75) is 6.42 Å². The van der Waals surface area contributed by atoms with Crippen LogP contribution in [0.2, 0.25) is 0 Å². The van der Waals surface area contributed by atoms with Gasteiger partial charge in [0.25, 0.3) is 5.91 Å². The molecule has 3 nitrogen and oxygen atoms in total. The topological polar surface area (TPSA) is 33.2 Å². The summed E-state index contributed by atoms with van der Waals surface area (Å²) in [6.07, 6.45) is 2.59. The number of carbonyl (C=O) groups excluding carboxylic acids is 1. The van der Waals surface area contributed by atoms with E-state index in [4.69, 9.17) is 0 Å². The van der Waals surface area contributed by atoms with Gasteiger partial charge < -0.3 is 4.90 Å². The number of anilines is 1. The van der Waals surface area contributed by atoms with E-state index in [0.717, 1.165) is 33.0 Å². The summed E-state index contributed by atoms with van der Waals surface area (Å²) in [6, 6.07) is 10.1. The van der Waals surface area contributed by atoms with Crippen LogP contribution in [0.5, 0.6) is 0 Å². The molecule has 0 saturated heterocycles. The second-order valence-corrected chi connectivity index (χ2v) is 7.88. The van der Waals surface area contributed by atoms with E-state index in [1.54, 1.807) is 17.5 Å². The van der Waals surface area contributed by atoms with Gasteiger partial charge in [-0.15, -0.1) is 22.7 Å². The number of fused-ring (bicyclic) bond motifs is 1. The van der Waals surface area contributed by atoms with Crippen molar-refractivity contribution in [2.75, 3.05) is 11.4 Å². The molecule has 0 aliphatic carbocycles. The maximum atomic E-state index is 12.8. The van der Waals surface area contributed by atoms with Gasteiger partial charge in [0.15, 0.2) is 0 Å². The first kappa shape index (κ1) is 14.1. The van der Waals surface area contributed by atoms with Gasteiger partial charge in [-0.2, -0.15) is 0 Å². The third-order valence-electron chi connectivity index (χ3n) is 3.63. The van der Waals surface area contributed by atoms with Crippen LogP contribution in [0.1, 0.15) is 15.2 Å². The van der Waals surface area contributed by atoms with Crippen molar-refractivity contribution in [3.05, 3.63) is 56.8 Å². The Kier molecular flexibility index (Phi) is 3.60. The normalized spacial score (nSPS) is 13.4. The molecule has 2 aromatic heterocycles. The van der Waals surface area contributed by atoms with E-state index in [-0.39, 0.29) is 5.91 Å². The highest BCUT2D eigenvalue weighted by molar-refractivity contribution is 9.10. The van der Waals surface area contributed by atoms with Crippen LogP contribution in [0.25, 0.3) is 9.88 Å². The minimum atomic E-state index is 0.0429. The Bertz CT molecular complexity index is 842. The number of nitrogens with zero attached hydrogens (tertiary/aromatic N) is 2. The Morgan fingerprint density at radius 2 is 2.23 bits per heavy atom. The second-order valence-electron chi connectivity index (χ2n) is 4.99. The molecule has 0 bridgehead atoms. The number of hydrogen-bond acceptors (Lipinski definition) is 4. The maximum absolute atomic E-state index is 12.8. The first-order chi connectivity index (χ1) is 10.7. The number of thiazole rings is 1. The first-order valence-corrected chi connectivity index (χ1v) is 9.31. The summed E-state index contributed by atoms with van der Waals surface area (Å²) in [4.78, 5) is 20.8. The number of carbonyl (C=O) groups is 1. The zero-order chi connectivity index (χ0) is 15.1. The lowest BCUT2D eigenvalue weighted by Crippen LogP contribution is -2.28. The Hall–Kier alpha value is -1.50. The molecule has 0 atom stereocenters. The number of hydrogen-bond donors (Lipinski definition) is 0. The average Bonchev–Trinajstić information content (AvgIpc) is 3.25. The van der Waals surface area contributed by atoms with Crippen LogP contribution in [-0.4, -0.2) is 17.4 Å². The fourth-order valence-corrected chi connectivity index (χ4v) is 4.68. The Labute approximate surface area is 144 Å². The van der Waals surface area contributed by atoms with Gasteiger partial charge in [-0.25, -0.2) is 4.98 Å². The van der Waals surface area contributed by atoms with Gasteiger partial charge in [-0.05, 0) is 41.6 Å². The fourth-order valence-electron chi connectivity index (χ4n) is 2.60. The molecule has 1 aliphatic heterocycles. The highest BCUT2D eigenvalue weighted by Crippen LogP contribution is 2.34. The molecule has 110 valence electrons. The summed E-state index contributed by atoms with van der Waals surface area (Å²) >= 11 is 6.59. The molecule has 0 spiro atoms. The van der Waals surface area contributed by atoms with Gasteiger partial charge in [0, 0.05) is 16.7 Å². The highest BCUT2D eigenvalue weighted by atomic mass is 79.9. The molecule has 3 aromatic rings. The third-order valence-corrected chi connectivity index (χ3v) is 6.15. The largest absolute Gasteiger partial charge is 0.307 e. The van der Waals surface area contributed by atoms with Gasteiger partial charge in [0.2, 0.25) is 0 Å². The predicted molar refractivity (Wildman–Crippen MR) is 94.9 cm³/mol. The molecule has 0 unspecified atom stereocenters. The molecule has 1 amide bonds. The molecule has 0 radical (unpaired) electrons. The minimum Gasteiger partial charge on any atom is -0.307 e. The van der Waals surface area contributed by atoms with E-state index < -0.39 is 0 Å². The van der Waals surface area contributed by atoms with Crippen LogP contribution >= 0.6 is 38.6 Å². The lowest BCUT2D eigenvalue weighted by Gasteiger charge is -2.16. The van der Waals surface area contributed by atoms with Crippen LogP contribution in [-0.2, 0) is 6.42 Å². The maximum Gasteiger partial charge on any atom is 0.270 e. The molecule has 1 aromatic carbocycles. The lowest BCUT2D eigenvalue weighted by atomic mass is 10.2. The van der Waals surface area contributed by atoms with Gasteiger partial charge in [0.1, 0.15) is 9.88 Å². The molecular formula is C16H11BrN2OS2. The van der Waals surface area contributed by atoms with Crippen molar-refractivity contribution in [1.29, 1.82) is 0 Å². The molecule has 22 heavy (non-hydrogen) atoms. The van der Waals surface area contributed by atoms with Crippen molar-refractivity contribution in [1.82, 2.24) is 4.98 Å². The molecule has 0 N–H and O–H groups in total. The van der Waals surface area contributed by atoms with Gasteiger partial charge in [-0.1, -0.05) is 22.0 Å². The Morgan fingerprint density at radius 1 is 1.32 bits per heavy atom. The molecule has 3 heterocycles. The highest BCUT2D eigenvalue weighted by Gasteiger charge is 2.27. The minimum absolute atomic E-state index is 0.0429. The van der Waals surface area contributed by atoms with Crippen LogP contribution < -0.4 is 4.90 Å². The second kappa shape index (κ2) is 5.61. The number of halogens is 1. The molecule has 6 heteroatoms. The SMILES string of the molecule is O=C(c1cnc(-c2cccs2)s1)N1CCc2cc(Br)ccc21. The van der Waals surface area contributed by atoms with Crippen molar-refractivity contribution >= 4 is 50.2 Å². The average molecular weight is 391 g/mol. The van der Waals surface area contributed by atoms with Crippen LogP contribution in [0.3, 0.4) is 0 Å². The number of thiophene rings is 1. The molecule has 0 saturated carbocycles. The number of aromatic nitrogens is 1. The molecule has 1 aliphatic rings. The molecule has 4 rings (SSSR count). The van der Waals surface area contributed by atoms with E-state index >= 15 is 0 Å². The summed E-state index contributed by atoms with van der Waals surface area (Å²) in [6.45, 7) is 0.733. The number of benzene rings is 1. The monoisotopic (exact) mass is 390 g/mol. The van der Waals surface area contributed by atoms with Crippen LogP contribution in [0.4, 0.5) is 5.69 Å². The Balaban J connectivity index is 1.64. The zero-order valence-electron chi connectivity index (χ0n) is 11.5. The standard InChI is InChI=1S/C16H11BrN2OS2/c17-11-3-4-12-10(8-11)5-6-19(12)16(20)14-9-18-15(22-14)13-2-1-7-21-13/h1-4,7-9H,5-6H2. The van der Waals surface area contributed by atoms with Crippen molar-refractivity contribution in [3.8, 4) is 9.88 Å². The summed E-state index contributed by atoms with van der Waals surface area (Å²) in [7, 11) is 0. The molecular weight excluding hydrogens is 380 g/mol. The van der Waals surface area contributed by atoms with Crippen molar-refractivity contribution in [2.24, 2.45) is 0 Å². The number of amides is 1. The van der Waals surface area contributed by atoms with E-state index in [9.17, 15) is 4.79 Å². The quantitative estimate of drug-likeness (QED) is 0.627. The summed E-state index contributed by atoms with van der Waals surface area (Å²) < 4.78 is 1.05. The van der Waals surface area contributed by atoms with Crippen molar-refractivity contribution < 1.29 is 4.79 Å². The lowest BCUT2D eigenvalue weighted by molar-refractivity contribution is 0.0993. The van der Waals surface area contributed by atoms with E-state index in [0.29, 0.717) is 4.88 Å². The van der Waals surface area contributed by atoms with E-state index in [2.05, 4.69) is 27.0 Å². The van der Waals surface area contributed by atoms with Gasteiger partial charge in [0.05, 0.1) is 11.1 Å². The summed E-state index contributed by atoms with van der Waals surface area (Å²) in [5, 5.41) is 2.93. The molecule has 0 fully saturated rings. The van der Waals surface area contributed by atoms with Crippen LogP contribution in [0, 0.1) is 0 Å². The van der Waals surface area contributed by atoms with Crippen LogP contribution in [0.15, 0.2) is 46.4 Å². The Morgan fingerprint density at radius 3 is 3.05 bits per heavy atom. The van der Waals surface area contributed by atoms with Crippen molar-refractivity contribution in [3.63, 3.8) is 0 Å². The van der Waals surface area contributed by atoms with Gasteiger partial charge in [-0.3, -0.25) is 4.79 Å². The number of rotatable bonds is 2. The van der Waals surface area contributed by atoms with E-state index in [1.807, 2.05) is 34.5 Å². The van der Waals surface area contributed by atoms with E-state index in [1.165, 1.54) is 16.9 Å².